The van der Waals surface area contributed by atoms with Crippen LogP contribution in [0.4, 0.5) is 0 Å². The molecule has 13 nitrogen and oxygen atoms in total. The molecule has 0 spiro atoms. The van der Waals surface area contributed by atoms with E-state index in [-0.39, 0.29) is 19.1 Å². The largest absolute Gasteiger partial charge is 0.480 e. The van der Waals surface area contributed by atoms with Gasteiger partial charge in [0, 0.05) is 11.9 Å². The van der Waals surface area contributed by atoms with E-state index in [2.05, 4.69) is 21.0 Å². The molecule has 1 fully saturated rings. The van der Waals surface area contributed by atoms with Crippen molar-refractivity contribution >= 4 is 40.7 Å². The maximum absolute atomic E-state index is 13.0. The fraction of sp³-hybridized carbons (Fsp3) is 0.531. The minimum atomic E-state index is -1.11. The van der Waals surface area contributed by atoms with Gasteiger partial charge in [0.2, 0.25) is 11.8 Å². The first-order valence-electron chi connectivity index (χ1n) is 15.1. The Bertz CT molecular complexity index is 1390. The number of benzene rings is 1. The van der Waals surface area contributed by atoms with Crippen molar-refractivity contribution in [1.29, 1.82) is 0 Å². The van der Waals surface area contributed by atoms with Gasteiger partial charge in [0.1, 0.15) is 24.7 Å². The van der Waals surface area contributed by atoms with Gasteiger partial charge in [-0.15, -0.1) is 0 Å². The van der Waals surface area contributed by atoms with Crippen LogP contribution in [0.25, 0.3) is 17.0 Å². The molecular weight excluding hydrogens is 582 g/mol. The van der Waals surface area contributed by atoms with Crippen LogP contribution in [0.5, 0.6) is 0 Å². The number of aliphatic hydroxyl groups excluding tert-OH is 1. The molecule has 1 aromatic heterocycles. The van der Waals surface area contributed by atoms with Gasteiger partial charge < -0.3 is 30.3 Å². The monoisotopic (exact) mass is 627 g/mol. The molecule has 1 aliphatic rings. The van der Waals surface area contributed by atoms with Crippen LogP contribution >= 0.6 is 0 Å². The number of carbonyl (C=O) groups is 4. The summed E-state index contributed by atoms with van der Waals surface area (Å²) >= 11 is 0. The summed E-state index contributed by atoms with van der Waals surface area (Å²) in [5.41, 5.74) is 4.96. The number of aliphatic hydroxyl groups is 1. The Morgan fingerprint density at radius 1 is 1.11 bits per heavy atom. The highest BCUT2D eigenvalue weighted by atomic mass is 16.7. The standard InChI is InChI=1S/C32H45N5O8/c1-19(2)28(29(40)33-20(3)30(41)37-15-7-10-25(36-37)31(42)43)35-27(39)18-45-32(5,6)44-16-8-9-22-11-12-23-13-14-24(21(4)38)34-26(23)17-22/h8-9,11-14,17,19-21,25,28,36,38H,7,10,15-16,18H2,1-6H3,(H,33,40)(H,35,39)(H,42,43)/b9-8+/t20-,21+,25-,28-/m0/s1. The van der Waals surface area contributed by atoms with Crippen LogP contribution < -0.4 is 16.1 Å². The lowest BCUT2D eigenvalue weighted by atomic mass is 10.0. The van der Waals surface area contributed by atoms with E-state index < -0.39 is 53.7 Å². The number of carbonyl (C=O) groups excluding carboxylic acids is 3. The average molecular weight is 628 g/mol. The van der Waals surface area contributed by atoms with E-state index in [1.54, 1.807) is 40.7 Å². The van der Waals surface area contributed by atoms with Crippen LogP contribution in [-0.2, 0) is 28.7 Å². The number of ether oxygens (including phenoxy) is 2. The highest BCUT2D eigenvalue weighted by Gasteiger charge is 2.32. The number of hydrogen-bond acceptors (Lipinski definition) is 9. The van der Waals surface area contributed by atoms with Crippen molar-refractivity contribution in [3.8, 4) is 0 Å². The number of aromatic nitrogens is 1. The molecule has 3 amide bonds. The maximum atomic E-state index is 13.0. The number of pyridine rings is 1. The minimum Gasteiger partial charge on any atom is -0.480 e. The number of carboxylic acid groups (broad SMARTS) is 1. The van der Waals surface area contributed by atoms with Crippen LogP contribution in [0.15, 0.2) is 36.4 Å². The normalized spacial score (nSPS) is 17.7. The molecular formula is C32H45N5O8. The summed E-state index contributed by atoms with van der Waals surface area (Å²) in [6.07, 6.45) is 3.96. The molecule has 45 heavy (non-hydrogen) atoms. The van der Waals surface area contributed by atoms with E-state index in [1.165, 1.54) is 11.9 Å². The zero-order valence-electron chi connectivity index (χ0n) is 26.7. The topological polar surface area (TPSA) is 179 Å². The molecule has 13 heteroatoms. The lowest BCUT2D eigenvalue weighted by Gasteiger charge is -2.34. The molecule has 0 unspecified atom stereocenters. The van der Waals surface area contributed by atoms with Gasteiger partial charge >= 0.3 is 5.97 Å². The Hall–Kier alpha value is -3.91. The Morgan fingerprint density at radius 2 is 1.82 bits per heavy atom. The van der Waals surface area contributed by atoms with Gasteiger partial charge in [-0.2, -0.15) is 0 Å². The number of rotatable bonds is 14. The smallest absolute Gasteiger partial charge is 0.322 e. The van der Waals surface area contributed by atoms with E-state index in [0.29, 0.717) is 25.1 Å². The molecule has 1 aliphatic heterocycles. The number of carboxylic acids is 1. The number of aliphatic carboxylic acids is 1. The molecule has 3 rings (SSSR count). The number of nitrogens with one attached hydrogen (secondary N) is 3. The lowest BCUT2D eigenvalue weighted by molar-refractivity contribution is -0.207. The second kappa shape index (κ2) is 15.9. The first-order valence-corrected chi connectivity index (χ1v) is 15.1. The van der Waals surface area contributed by atoms with Gasteiger partial charge in [0.05, 0.1) is 23.9 Å². The molecule has 2 heterocycles. The molecule has 2 aromatic rings. The molecule has 0 bridgehead atoms. The van der Waals surface area contributed by atoms with Crippen molar-refractivity contribution in [2.45, 2.75) is 84.4 Å². The molecule has 246 valence electrons. The Balaban J connectivity index is 1.47. The fourth-order valence-corrected chi connectivity index (χ4v) is 4.67. The summed E-state index contributed by atoms with van der Waals surface area (Å²) in [6.45, 7) is 10.2. The Labute approximate surface area is 263 Å². The Kier molecular flexibility index (Phi) is 12.6. The minimum absolute atomic E-state index is 0.204. The average Bonchev–Trinajstić information content (AvgIpc) is 2.99. The zero-order valence-corrected chi connectivity index (χ0v) is 26.7. The molecule has 5 N–H and O–H groups in total. The highest BCUT2D eigenvalue weighted by molar-refractivity contribution is 5.92. The Morgan fingerprint density at radius 3 is 2.49 bits per heavy atom. The predicted octanol–water partition coefficient (Wildman–Crippen LogP) is 2.30. The third-order valence-corrected chi connectivity index (χ3v) is 7.30. The number of nitrogens with zero attached hydrogens (tertiary/aromatic N) is 2. The number of fused-ring (bicyclic) bond motifs is 1. The SMILES string of the molecule is CC(C)[C@H](NC(=O)COC(C)(C)OC/C=C/c1ccc2ccc([C@@H](C)O)nc2c1)C(=O)N[C@@H](C)C(=O)N1CCC[C@@H](C(=O)O)N1. The van der Waals surface area contributed by atoms with Crippen molar-refractivity contribution in [3.63, 3.8) is 0 Å². The second-order valence-corrected chi connectivity index (χ2v) is 11.9. The van der Waals surface area contributed by atoms with Crippen LogP contribution in [0.2, 0.25) is 0 Å². The van der Waals surface area contributed by atoms with Crippen LogP contribution in [0, 0.1) is 5.92 Å². The van der Waals surface area contributed by atoms with Crippen LogP contribution in [-0.4, -0.2) is 87.6 Å². The van der Waals surface area contributed by atoms with Gasteiger partial charge in [-0.3, -0.25) is 29.2 Å². The van der Waals surface area contributed by atoms with Gasteiger partial charge in [-0.05, 0) is 64.2 Å². The van der Waals surface area contributed by atoms with Crippen molar-refractivity contribution in [3.05, 3.63) is 47.7 Å². The first-order chi connectivity index (χ1) is 21.2. The summed E-state index contributed by atoms with van der Waals surface area (Å²) in [4.78, 5) is 54.3. The molecule has 0 aliphatic carbocycles. The van der Waals surface area contributed by atoms with Crippen molar-refractivity contribution in [2.24, 2.45) is 5.92 Å². The summed E-state index contributed by atoms with van der Waals surface area (Å²) < 4.78 is 11.5. The fourth-order valence-electron chi connectivity index (χ4n) is 4.67. The number of hydrazine groups is 1. The van der Waals surface area contributed by atoms with E-state index in [1.807, 2.05) is 36.4 Å². The zero-order chi connectivity index (χ0) is 33.3. The molecule has 0 radical (unpaired) electrons. The molecule has 0 saturated carbocycles. The van der Waals surface area contributed by atoms with Crippen LogP contribution in [0.1, 0.15) is 71.7 Å². The number of amides is 3. The molecule has 4 atom stereocenters. The van der Waals surface area contributed by atoms with Gasteiger partial charge in [-0.1, -0.05) is 44.2 Å². The summed E-state index contributed by atoms with van der Waals surface area (Å²) in [7, 11) is 0. The maximum Gasteiger partial charge on any atom is 0.322 e. The predicted molar refractivity (Wildman–Crippen MR) is 167 cm³/mol. The van der Waals surface area contributed by atoms with Gasteiger partial charge in [-0.25, -0.2) is 5.43 Å². The lowest BCUT2D eigenvalue weighted by Crippen LogP contribution is -2.60. The summed E-state index contributed by atoms with van der Waals surface area (Å²) in [6, 6.07) is 6.79. The van der Waals surface area contributed by atoms with E-state index in [4.69, 9.17) is 9.47 Å². The van der Waals surface area contributed by atoms with E-state index in [9.17, 15) is 29.4 Å². The van der Waals surface area contributed by atoms with E-state index in [0.717, 1.165) is 16.5 Å². The van der Waals surface area contributed by atoms with Crippen molar-refractivity contribution in [1.82, 2.24) is 26.1 Å². The summed E-state index contributed by atoms with van der Waals surface area (Å²) in [5, 5.41) is 26.5. The third kappa shape index (κ3) is 10.6. The van der Waals surface area contributed by atoms with E-state index >= 15 is 0 Å². The highest BCUT2D eigenvalue weighted by Crippen LogP contribution is 2.19. The summed E-state index contributed by atoms with van der Waals surface area (Å²) in [5.74, 6) is -3.99. The van der Waals surface area contributed by atoms with Gasteiger partial charge in [0.25, 0.3) is 5.91 Å². The van der Waals surface area contributed by atoms with Crippen molar-refractivity contribution < 1.29 is 38.9 Å². The molecule has 1 aromatic carbocycles. The quantitative estimate of drug-likeness (QED) is 0.195. The second-order valence-electron chi connectivity index (χ2n) is 11.9. The van der Waals surface area contributed by atoms with Gasteiger partial charge in [0.15, 0.2) is 5.79 Å². The van der Waals surface area contributed by atoms with Crippen molar-refractivity contribution in [2.75, 3.05) is 19.8 Å². The number of hydrogen-bond donors (Lipinski definition) is 5. The first kappa shape index (κ1) is 35.6. The third-order valence-electron chi connectivity index (χ3n) is 7.30. The molecule has 1 saturated heterocycles. The van der Waals surface area contributed by atoms with Crippen LogP contribution in [0.3, 0.4) is 0 Å².